The van der Waals surface area contributed by atoms with Crippen molar-refractivity contribution in [3.63, 3.8) is 0 Å². The SMILES string of the molecule is CCCCCC(C)OCOC1C(c2ccccc2)=NOC1(C)C=O. The molecule has 1 aliphatic rings. The molecule has 0 radical (unpaired) electrons. The number of aldehydes is 1. The Bertz CT molecular complexity index is 546. The highest BCUT2D eigenvalue weighted by Crippen LogP contribution is 2.28. The van der Waals surface area contributed by atoms with Gasteiger partial charge in [-0.1, -0.05) is 61.7 Å². The predicted molar refractivity (Wildman–Crippen MR) is 93.0 cm³/mol. The van der Waals surface area contributed by atoms with Crippen molar-refractivity contribution in [1.82, 2.24) is 0 Å². The van der Waals surface area contributed by atoms with Gasteiger partial charge in [-0.3, -0.25) is 4.79 Å². The summed E-state index contributed by atoms with van der Waals surface area (Å²) in [6.45, 7) is 6.00. The molecule has 24 heavy (non-hydrogen) atoms. The van der Waals surface area contributed by atoms with Crippen LogP contribution in [0.25, 0.3) is 0 Å². The van der Waals surface area contributed by atoms with E-state index in [1.54, 1.807) is 6.92 Å². The highest BCUT2D eigenvalue weighted by molar-refractivity contribution is 6.07. The molecule has 1 heterocycles. The van der Waals surface area contributed by atoms with Crippen LogP contribution in [0.5, 0.6) is 0 Å². The third kappa shape index (κ3) is 4.65. The van der Waals surface area contributed by atoms with E-state index in [0.717, 1.165) is 24.7 Å². The van der Waals surface area contributed by atoms with Crippen LogP contribution < -0.4 is 0 Å². The van der Waals surface area contributed by atoms with E-state index in [1.807, 2.05) is 37.3 Å². The lowest BCUT2D eigenvalue weighted by Gasteiger charge is -2.24. The Kier molecular flexibility index (Phi) is 6.94. The molecule has 132 valence electrons. The van der Waals surface area contributed by atoms with E-state index in [2.05, 4.69) is 12.1 Å². The molecule has 0 bridgehead atoms. The second kappa shape index (κ2) is 8.94. The summed E-state index contributed by atoms with van der Waals surface area (Å²) >= 11 is 0. The normalized spacial score (nSPS) is 24.3. The predicted octanol–water partition coefficient (Wildman–Crippen LogP) is 3.71. The summed E-state index contributed by atoms with van der Waals surface area (Å²) < 4.78 is 11.6. The van der Waals surface area contributed by atoms with E-state index in [-0.39, 0.29) is 12.9 Å². The van der Waals surface area contributed by atoms with Crippen LogP contribution in [0.15, 0.2) is 35.5 Å². The number of oxime groups is 1. The molecule has 5 heteroatoms. The van der Waals surface area contributed by atoms with Crippen molar-refractivity contribution in [1.29, 1.82) is 0 Å². The van der Waals surface area contributed by atoms with E-state index in [1.165, 1.54) is 12.8 Å². The Morgan fingerprint density at radius 2 is 2.08 bits per heavy atom. The molecule has 0 aromatic heterocycles. The van der Waals surface area contributed by atoms with Gasteiger partial charge in [-0.15, -0.1) is 0 Å². The minimum atomic E-state index is -1.13. The molecule has 0 aliphatic carbocycles. The third-order valence-electron chi connectivity index (χ3n) is 4.21. The maximum atomic E-state index is 11.5. The summed E-state index contributed by atoms with van der Waals surface area (Å²) in [5, 5.41) is 4.07. The first-order chi connectivity index (χ1) is 11.6. The standard InChI is InChI=1S/C19H27NO4/c1-4-5-7-10-15(2)22-14-23-18-17(16-11-8-6-9-12-16)20-24-19(18,3)13-21/h6,8-9,11-13,15,18H,4-5,7,10,14H2,1-3H3. The molecule has 0 N–H and O–H groups in total. The van der Waals surface area contributed by atoms with Gasteiger partial charge in [0.2, 0.25) is 5.60 Å². The van der Waals surface area contributed by atoms with Crippen molar-refractivity contribution in [3.8, 4) is 0 Å². The van der Waals surface area contributed by atoms with Crippen LogP contribution in [-0.2, 0) is 19.1 Å². The molecular formula is C19H27NO4. The molecule has 1 aromatic carbocycles. The van der Waals surface area contributed by atoms with Crippen LogP contribution in [0.3, 0.4) is 0 Å². The zero-order valence-corrected chi connectivity index (χ0v) is 14.7. The molecule has 0 spiro atoms. The van der Waals surface area contributed by atoms with Gasteiger partial charge >= 0.3 is 0 Å². The highest BCUT2D eigenvalue weighted by Gasteiger charge is 2.47. The molecule has 1 aromatic rings. The first kappa shape index (κ1) is 18.6. The van der Waals surface area contributed by atoms with Gasteiger partial charge in [-0.05, 0) is 20.3 Å². The van der Waals surface area contributed by atoms with E-state index in [0.29, 0.717) is 5.71 Å². The van der Waals surface area contributed by atoms with E-state index in [9.17, 15) is 4.79 Å². The Balaban J connectivity index is 1.94. The largest absolute Gasteiger partial charge is 0.378 e. The molecular weight excluding hydrogens is 306 g/mol. The zero-order valence-electron chi connectivity index (χ0n) is 14.7. The van der Waals surface area contributed by atoms with Crippen LogP contribution in [-0.4, -0.2) is 36.6 Å². The number of unbranched alkanes of at least 4 members (excludes halogenated alkanes) is 2. The van der Waals surface area contributed by atoms with Crippen molar-refractivity contribution in [3.05, 3.63) is 35.9 Å². The monoisotopic (exact) mass is 333 g/mol. The number of ether oxygens (including phenoxy) is 2. The lowest BCUT2D eigenvalue weighted by atomic mass is 9.93. The van der Waals surface area contributed by atoms with Crippen LogP contribution >= 0.6 is 0 Å². The van der Waals surface area contributed by atoms with E-state index in [4.69, 9.17) is 14.3 Å². The first-order valence-electron chi connectivity index (χ1n) is 8.61. The topological polar surface area (TPSA) is 57.1 Å². The van der Waals surface area contributed by atoms with Gasteiger partial charge in [0.25, 0.3) is 0 Å². The highest BCUT2D eigenvalue weighted by atomic mass is 16.7. The van der Waals surface area contributed by atoms with Crippen molar-refractivity contribution in [2.45, 2.75) is 64.3 Å². The number of hydrogen-bond acceptors (Lipinski definition) is 5. The van der Waals surface area contributed by atoms with Gasteiger partial charge in [0.1, 0.15) is 12.5 Å². The maximum absolute atomic E-state index is 11.5. The van der Waals surface area contributed by atoms with Gasteiger partial charge < -0.3 is 14.3 Å². The van der Waals surface area contributed by atoms with Crippen molar-refractivity contribution < 1.29 is 19.1 Å². The number of rotatable bonds is 10. The summed E-state index contributed by atoms with van der Waals surface area (Å²) in [4.78, 5) is 16.8. The summed E-state index contributed by atoms with van der Waals surface area (Å²) in [5.74, 6) is 0. The van der Waals surface area contributed by atoms with Crippen molar-refractivity contribution in [2.24, 2.45) is 5.16 Å². The number of benzene rings is 1. The quantitative estimate of drug-likeness (QED) is 0.372. The number of carbonyl (C=O) groups excluding carboxylic acids is 1. The molecule has 2 rings (SSSR count). The third-order valence-corrected chi connectivity index (χ3v) is 4.21. The smallest absolute Gasteiger partial charge is 0.221 e. The Hall–Kier alpha value is -1.72. The van der Waals surface area contributed by atoms with Gasteiger partial charge in [-0.2, -0.15) is 0 Å². The lowest BCUT2D eigenvalue weighted by molar-refractivity contribution is -0.158. The molecule has 5 nitrogen and oxygen atoms in total. The molecule has 0 saturated heterocycles. The van der Waals surface area contributed by atoms with E-state index >= 15 is 0 Å². The van der Waals surface area contributed by atoms with Crippen LogP contribution in [0.4, 0.5) is 0 Å². The van der Waals surface area contributed by atoms with Crippen molar-refractivity contribution in [2.75, 3.05) is 6.79 Å². The Labute approximate surface area is 144 Å². The molecule has 1 aliphatic heterocycles. The molecule has 0 amide bonds. The molecule has 3 atom stereocenters. The molecule has 3 unspecified atom stereocenters. The minimum absolute atomic E-state index is 0.108. The second-order valence-corrected chi connectivity index (χ2v) is 6.37. The molecule has 0 saturated carbocycles. The fourth-order valence-corrected chi connectivity index (χ4v) is 2.64. The van der Waals surface area contributed by atoms with Crippen molar-refractivity contribution >= 4 is 12.0 Å². The Morgan fingerprint density at radius 3 is 2.75 bits per heavy atom. The minimum Gasteiger partial charge on any atom is -0.378 e. The summed E-state index contributed by atoms with van der Waals surface area (Å²) in [7, 11) is 0. The van der Waals surface area contributed by atoms with Crippen LogP contribution in [0, 0.1) is 0 Å². The molecule has 0 fully saturated rings. The van der Waals surface area contributed by atoms with Crippen LogP contribution in [0.1, 0.15) is 52.0 Å². The zero-order chi connectivity index (χ0) is 17.4. The lowest BCUT2D eigenvalue weighted by Crippen LogP contribution is -2.45. The van der Waals surface area contributed by atoms with Gasteiger partial charge in [0.15, 0.2) is 12.4 Å². The number of hydrogen-bond donors (Lipinski definition) is 0. The average Bonchev–Trinajstić information content (AvgIpc) is 2.93. The average molecular weight is 333 g/mol. The van der Waals surface area contributed by atoms with E-state index < -0.39 is 11.7 Å². The number of carbonyl (C=O) groups is 1. The van der Waals surface area contributed by atoms with Gasteiger partial charge in [-0.25, -0.2) is 0 Å². The summed E-state index contributed by atoms with van der Waals surface area (Å²) in [6.07, 6.45) is 4.83. The van der Waals surface area contributed by atoms with Gasteiger partial charge in [0.05, 0.1) is 6.10 Å². The maximum Gasteiger partial charge on any atom is 0.221 e. The fraction of sp³-hybridized carbons (Fsp3) is 0.579. The summed E-state index contributed by atoms with van der Waals surface area (Å²) in [6, 6.07) is 9.60. The Morgan fingerprint density at radius 1 is 1.33 bits per heavy atom. The fourth-order valence-electron chi connectivity index (χ4n) is 2.64. The first-order valence-corrected chi connectivity index (χ1v) is 8.61. The number of nitrogens with zero attached hydrogens (tertiary/aromatic N) is 1. The van der Waals surface area contributed by atoms with Gasteiger partial charge in [0, 0.05) is 5.56 Å². The second-order valence-electron chi connectivity index (χ2n) is 6.37. The van der Waals surface area contributed by atoms with Crippen LogP contribution in [0.2, 0.25) is 0 Å². The summed E-state index contributed by atoms with van der Waals surface area (Å²) in [5.41, 5.74) is 0.372.